The van der Waals surface area contributed by atoms with E-state index in [0.717, 1.165) is 0 Å². The Labute approximate surface area is 268 Å². The molecule has 6 aliphatic carbocycles. The van der Waals surface area contributed by atoms with Crippen LogP contribution in [0.2, 0.25) is 0 Å². The van der Waals surface area contributed by atoms with Gasteiger partial charge in [-0.05, 0) is 47.3 Å². The molecule has 0 aromatic carbocycles. The van der Waals surface area contributed by atoms with Crippen molar-refractivity contribution >= 4 is 11.6 Å². The van der Waals surface area contributed by atoms with E-state index in [1.807, 2.05) is 0 Å². The van der Waals surface area contributed by atoms with Gasteiger partial charge in [0.1, 0.15) is 0 Å². The number of alkyl halides is 14. The van der Waals surface area contributed by atoms with Crippen molar-refractivity contribution in [3.8, 4) is 0 Å². The molecule has 6 rings (SSSR count). The summed E-state index contributed by atoms with van der Waals surface area (Å²) in [7, 11) is 0. The first kappa shape index (κ1) is 41.1. The van der Waals surface area contributed by atoms with Crippen molar-refractivity contribution < 1.29 is 97.8 Å². The van der Waals surface area contributed by atoms with Crippen LogP contribution in [-0.2, 0) is 26.1 Å². The van der Waals surface area contributed by atoms with Gasteiger partial charge in [-0.1, -0.05) is 41.5 Å². The molecule has 4 bridgehead atoms. The molecule has 0 spiro atoms. The summed E-state index contributed by atoms with van der Waals surface area (Å²) in [6, 6.07) is 0. The molecule has 0 heterocycles. The third-order valence-corrected chi connectivity index (χ3v) is 10.6. The number of rotatable bonds is 4. The molecule has 6 saturated carbocycles. The van der Waals surface area contributed by atoms with Crippen LogP contribution in [0.15, 0.2) is 22.7 Å². The van der Waals surface area contributed by atoms with Crippen LogP contribution >= 0.6 is 0 Å². The maximum Gasteiger partial charge on any atom is 0.460 e. The standard InChI is InChI=1S/2C14H15F7O2.Ni/c2*1-5-6-4-7(11(6,2)3)8(9(5)22)10(23)12(15,16)13(17,18)14(19,20)21;/h2*5-7,23H,4H2,1-3H3;/b2*10-8-;. The Morgan fingerprint density at radius 2 is 0.809 bits per heavy atom. The van der Waals surface area contributed by atoms with Crippen LogP contribution in [0.3, 0.4) is 0 Å². The average Bonchev–Trinajstić information content (AvgIpc) is 2.88. The number of carbonyl (C=O) groups excluding carboxylic acids is 2. The van der Waals surface area contributed by atoms with Crippen molar-refractivity contribution in [2.75, 3.05) is 0 Å². The fourth-order valence-corrected chi connectivity index (χ4v) is 7.35. The zero-order chi connectivity index (χ0) is 36.3. The molecular formula is C28H30F14NiO4. The largest absolute Gasteiger partial charge is 0.506 e. The number of aliphatic hydroxyl groups excluding tert-OH is 2. The van der Waals surface area contributed by atoms with Crippen LogP contribution in [0.5, 0.6) is 0 Å². The molecule has 0 aliphatic heterocycles. The monoisotopic (exact) mass is 754 g/mol. The second-order valence-electron chi connectivity index (χ2n) is 13.6. The second kappa shape index (κ2) is 11.5. The van der Waals surface area contributed by atoms with Gasteiger partial charge in [0.25, 0.3) is 0 Å². The van der Waals surface area contributed by atoms with Gasteiger partial charge in [-0.2, -0.15) is 61.5 Å². The predicted molar refractivity (Wildman–Crippen MR) is 130 cm³/mol. The van der Waals surface area contributed by atoms with E-state index in [-0.39, 0.29) is 41.2 Å². The van der Waals surface area contributed by atoms with Gasteiger partial charge in [0.05, 0.1) is 0 Å². The van der Waals surface area contributed by atoms with E-state index in [9.17, 15) is 81.3 Å². The fourth-order valence-electron chi connectivity index (χ4n) is 7.35. The number of halogens is 14. The summed E-state index contributed by atoms with van der Waals surface area (Å²) in [5, 5.41) is 19.1. The second-order valence-corrected chi connectivity index (χ2v) is 13.6. The van der Waals surface area contributed by atoms with E-state index in [4.69, 9.17) is 0 Å². The van der Waals surface area contributed by atoms with Crippen LogP contribution < -0.4 is 0 Å². The van der Waals surface area contributed by atoms with Crippen molar-refractivity contribution in [1.29, 1.82) is 0 Å². The summed E-state index contributed by atoms with van der Waals surface area (Å²) < 4.78 is 181. The first-order valence-corrected chi connectivity index (χ1v) is 13.8. The van der Waals surface area contributed by atoms with Gasteiger partial charge in [-0.25, -0.2) is 0 Å². The number of hydrogen-bond donors (Lipinski definition) is 2. The topological polar surface area (TPSA) is 74.6 Å². The van der Waals surface area contributed by atoms with E-state index < -0.39 is 105 Å². The van der Waals surface area contributed by atoms with Gasteiger partial charge >= 0.3 is 36.0 Å². The third-order valence-electron chi connectivity index (χ3n) is 10.6. The van der Waals surface area contributed by atoms with Crippen LogP contribution in [0.1, 0.15) is 54.4 Å². The van der Waals surface area contributed by atoms with E-state index in [0.29, 0.717) is 0 Å². The summed E-state index contributed by atoms with van der Waals surface area (Å²) in [5.41, 5.74) is -3.47. The van der Waals surface area contributed by atoms with Crippen molar-refractivity contribution in [2.45, 2.75) is 90.4 Å². The van der Waals surface area contributed by atoms with E-state index >= 15 is 0 Å². The number of ketones is 2. The van der Waals surface area contributed by atoms with Crippen LogP contribution in [0, 0.1) is 46.3 Å². The summed E-state index contributed by atoms with van der Waals surface area (Å²) in [4.78, 5) is 24.1. The molecule has 274 valence electrons. The van der Waals surface area contributed by atoms with Crippen LogP contribution in [0.25, 0.3) is 0 Å². The average molecular weight is 755 g/mol. The van der Waals surface area contributed by atoms with Gasteiger partial charge in [-0.3, -0.25) is 9.59 Å². The van der Waals surface area contributed by atoms with Gasteiger partial charge in [0, 0.05) is 39.5 Å². The van der Waals surface area contributed by atoms with E-state index in [1.54, 1.807) is 27.7 Å². The number of fused-ring (bicyclic) bond motifs is 4. The maximum atomic E-state index is 13.7. The third kappa shape index (κ3) is 5.55. The summed E-state index contributed by atoms with van der Waals surface area (Å²) >= 11 is 0. The Morgan fingerprint density at radius 1 is 0.574 bits per heavy atom. The minimum Gasteiger partial charge on any atom is -0.506 e. The number of allylic oxidation sites excluding steroid dienone is 4. The van der Waals surface area contributed by atoms with Gasteiger partial charge in [-0.15, -0.1) is 0 Å². The van der Waals surface area contributed by atoms with Gasteiger partial charge < -0.3 is 10.2 Å². The first-order valence-electron chi connectivity index (χ1n) is 13.8. The summed E-state index contributed by atoms with van der Waals surface area (Å²) in [6.45, 7) is 9.17. The number of aliphatic hydroxyl groups is 2. The number of carbonyl (C=O) groups is 2. The van der Waals surface area contributed by atoms with E-state index in [2.05, 4.69) is 0 Å². The van der Waals surface area contributed by atoms with Crippen LogP contribution in [0.4, 0.5) is 61.5 Å². The quantitative estimate of drug-likeness (QED) is 0.130. The van der Waals surface area contributed by atoms with Gasteiger partial charge in [0.15, 0.2) is 23.1 Å². The SMILES string of the molecule is CC1C(=O)/C(=C(\O)C(F)(F)C(F)(F)C(F)(F)F)C2CC1C2(C)C.CC1C(=O)/C(=C(\O)C(F)(F)C(F)(F)C(F)(F)F)C2CC1C2(C)C.[Ni]. The molecule has 0 radical (unpaired) electrons. The van der Waals surface area contributed by atoms with Crippen molar-refractivity contribution in [3.63, 3.8) is 0 Å². The molecular weight excluding hydrogens is 725 g/mol. The molecule has 19 heteroatoms. The Hall–Kier alpha value is -2.07. The van der Waals surface area contributed by atoms with Crippen molar-refractivity contribution in [3.05, 3.63) is 22.7 Å². The molecule has 47 heavy (non-hydrogen) atoms. The van der Waals surface area contributed by atoms with Crippen molar-refractivity contribution in [2.24, 2.45) is 46.3 Å². The smallest absolute Gasteiger partial charge is 0.460 e. The summed E-state index contributed by atoms with van der Waals surface area (Å²) in [5.74, 6) is -35.7. The molecule has 0 amide bonds. The molecule has 0 aromatic heterocycles. The minimum absolute atomic E-state index is 0. The molecule has 0 aromatic rings. The molecule has 6 aliphatic rings. The first-order chi connectivity index (χ1) is 20.2. The fraction of sp³-hybridized carbons (Fsp3) is 0.786. The molecule has 6 fully saturated rings. The van der Waals surface area contributed by atoms with E-state index in [1.165, 1.54) is 13.8 Å². The molecule has 4 nitrogen and oxygen atoms in total. The number of hydrogen-bond acceptors (Lipinski definition) is 4. The molecule has 2 N–H and O–H groups in total. The molecule has 0 saturated heterocycles. The Balaban J connectivity index is 0.000000320. The van der Waals surface area contributed by atoms with Crippen molar-refractivity contribution in [1.82, 2.24) is 0 Å². The molecule has 6 unspecified atom stereocenters. The van der Waals surface area contributed by atoms with Gasteiger partial charge in [0.2, 0.25) is 0 Å². The normalized spacial score (nSPS) is 32.6. The number of Topliss-reactive ketones (excluding diaryl/α,β-unsaturated/α-hetero) is 2. The Morgan fingerprint density at radius 3 is 1.00 bits per heavy atom. The minimum atomic E-state index is -6.56. The zero-order valence-electron chi connectivity index (χ0n) is 25.2. The predicted octanol–water partition coefficient (Wildman–Crippen LogP) is 9.02. The van der Waals surface area contributed by atoms with Crippen LogP contribution in [-0.4, -0.2) is 57.8 Å². The Kier molecular flexibility index (Phi) is 10.1. The maximum absolute atomic E-state index is 13.7. The summed E-state index contributed by atoms with van der Waals surface area (Å²) in [6.07, 6.45) is -12.8. The Bertz CT molecular complexity index is 1260. The molecule has 6 atom stereocenters. The zero-order valence-corrected chi connectivity index (χ0v) is 26.2.